The number of aryl methyl sites for hydroxylation is 2. The van der Waals surface area contributed by atoms with Crippen molar-refractivity contribution in [1.29, 1.82) is 0 Å². The number of aromatic nitrogens is 2. The molecule has 0 spiro atoms. The highest BCUT2D eigenvalue weighted by Gasteiger charge is 2.21. The third kappa shape index (κ3) is 3.27. The number of halogens is 1. The summed E-state index contributed by atoms with van der Waals surface area (Å²) in [6, 6.07) is 5.92. The molecule has 112 valence electrons. The molecule has 21 heavy (non-hydrogen) atoms. The number of sulfonamides is 1. The first-order valence-corrected chi connectivity index (χ1v) is 7.69. The zero-order valence-corrected chi connectivity index (χ0v) is 12.3. The summed E-state index contributed by atoms with van der Waals surface area (Å²) >= 11 is 0. The first-order valence-electron chi connectivity index (χ1n) is 6.20. The van der Waals surface area contributed by atoms with Gasteiger partial charge in [-0.15, -0.1) is 0 Å². The molecule has 2 rings (SSSR count). The maximum Gasteiger partial charge on any atom is 0.283 e. The lowest BCUT2D eigenvalue weighted by molar-refractivity contribution is 0.0971. The molecule has 8 heteroatoms. The van der Waals surface area contributed by atoms with Crippen molar-refractivity contribution in [3.8, 4) is 0 Å². The number of amides is 1. The van der Waals surface area contributed by atoms with E-state index in [1.165, 1.54) is 22.9 Å². The van der Waals surface area contributed by atoms with Crippen LogP contribution >= 0.6 is 0 Å². The highest BCUT2D eigenvalue weighted by molar-refractivity contribution is 7.90. The van der Waals surface area contributed by atoms with Crippen LogP contribution in [0.2, 0.25) is 0 Å². The maximum absolute atomic E-state index is 13.1. The molecule has 2 aromatic rings. The Morgan fingerprint density at radius 1 is 1.38 bits per heavy atom. The molecule has 0 aliphatic rings. The zero-order valence-electron chi connectivity index (χ0n) is 11.5. The fraction of sp³-hybridized carbons (Fsp3) is 0.231. The molecule has 1 aromatic heterocycles. The van der Waals surface area contributed by atoms with Gasteiger partial charge in [0, 0.05) is 6.54 Å². The quantitative estimate of drug-likeness (QED) is 0.927. The van der Waals surface area contributed by atoms with Crippen molar-refractivity contribution in [2.24, 2.45) is 0 Å². The van der Waals surface area contributed by atoms with Crippen LogP contribution in [-0.2, 0) is 16.6 Å². The van der Waals surface area contributed by atoms with Crippen LogP contribution in [0.4, 0.5) is 4.39 Å². The van der Waals surface area contributed by atoms with Crippen LogP contribution < -0.4 is 4.72 Å². The van der Waals surface area contributed by atoms with Gasteiger partial charge in [-0.3, -0.25) is 9.48 Å². The van der Waals surface area contributed by atoms with Crippen molar-refractivity contribution in [1.82, 2.24) is 14.5 Å². The summed E-state index contributed by atoms with van der Waals surface area (Å²) < 4.78 is 40.5. The van der Waals surface area contributed by atoms with Gasteiger partial charge in [0.2, 0.25) is 0 Å². The average molecular weight is 311 g/mol. The number of rotatable bonds is 4. The third-order valence-electron chi connectivity index (χ3n) is 2.77. The van der Waals surface area contributed by atoms with Crippen molar-refractivity contribution < 1.29 is 17.6 Å². The maximum atomic E-state index is 13.1. The second-order valence-corrected chi connectivity index (χ2v) is 6.06. The van der Waals surface area contributed by atoms with E-state index in [0.717, 1.165) is 12.1 Å². The van der Waals surface area contributed by atoms with E-state index in [1.54, 1.807) is 13.8 Å². The Bertz CT molecular complexity index is 784. The van der Waals surface area contributed by atoms with Gasteiger partial charge in [-0.1, -0.05) is 6.07 Å². The van der Waals surface area contributed by atoms with Gasteiger partial charge in [-0.2, -0.15) is 5.10 Å². The Hall–Kier alpha value is -2.22. The molecular weight excluding hydrogens is 297 g/mol. The standard InChI is InChI=1S/C13H14FN3O3S/c1-3-17-12(7-9(2)15-17)13(18)16-21(19,20)11-6-4-5-10(14)8-11/h4-8H,3H2,1-2H3,(H,16,18). The molecule has 6 nitrogen and oxygen atoms in total. The highest BCUT2D eigenvalue weighted by Crippen LogP contribution is 2.12. The summed E-state index contributed by atoms with van der Waals surface area (Å²) in [4.78, 5) is 11.8. The Balaban J connectivity index is 2.30. The lowest BCUT2D eigenvalue weighted by atomic mass is 10.3. The monoisotopic (exact) mass is 311 g/mol. The van der Waals surface area contributed by atoms with E-state index in [9.17, 15) is 17.6 Å². The Labute approximate surface area is 121 Å². The van der Waals surface area contributed by atoms with Gasteiger partial charge in [0.1, 0.15) is 11.5 Å². The van der Waals surface area contributed by atoms with Crippen molar-refractivity contribution in [2.75, 3.05) is 0 Å². The van der Waals surface area contributed by atoms with E-state index in [1.807, 2.05) is 4.72 Å². The molecule has 1 aromatic carbocycles. The van der Waals surface area contributed by atoms with Gasteiger partial charge >= 0.3 is 0 Å². The van der Waals surface area contributed by atoms with Gasteiger partial charge in [-0.05, 0) is 38.1 Å². The molecule has 0 saturated carbocycles. The minimum Gasteiger partial charge on any atom is -0.266 e. The highest BCUT2D eigenvalue weighted by atomic mass is 32.2. The van der Waals surface area contributed by atoms with E-state index in [-0.39, 0.29) is 10.6 Å². The van der Waals surface area contributed by atoms with Crippen LogP contribution in [0.15, 0.2) is 35.2 Å². The molecule has 0 atom stereocenters. The number of nitrogens with one attached hydrogen (secondary N) is 1. The molecule has 0 bridgehead atoms. The third-order valence-corrected chi connectivity index (χ3v) is 4.10. The van der Waals surface area contributed by atoms with Crippen LogP contribution in [0.5, 0.6) is 0 Å². The number of carbonyl (C=O) groups excluding carboxylic acids is 1. The van der Waals surface area contributed by atoms with Crippen LogP contribution in [0, 0.1) is 12.7 Å². The Kier molecular flexibility index (Phi) is 4.08. The summed E-state index contributed by atoms with van der Waals surface area (Å²) in [5, 5.41) is 4.07. The lowest BCUT2D eigenvalue weighted by Gasteiger charge is -2.08. The predicted molar refractivity (Wildman–Crippen MR) is 73.7 cm³/mol. The number of benzene rings is 1. The predicted octanol–water partition coefficient (Wildman–Crippen LogP) is 1.47. The topological polar surface area (TPSA) is 81.1 Å². The molecule has 0 saturated heterocycles. The molecule has 1 N–H and O–H groups in total. The van der Waals surface area contributed by atoms with Crippen LogP contribution in [0.1, 0.15) is 23.1 Å². The van der Waals surface area contributed by atoms with Crippen LogP contribution in [0.3, 0.4) is 0 Å². The SMILES string of the molecule is CCn1nc(C)cc1C(=O)NS(=O)(=O)c1cccc(F)c1. The second kappa shape index (κ2) is 5.65. The van der Waals surface area contributed by atoms with Crippen molar-refractivity contribution in [3.63, 3.8) is 0 Å². The molecular formula is C13H14FN3O3S. The first kappa shape index (κ1) is 15.2. The second-order valence-electron chi connectivity index (χ2n) is 4.38. The van der Waals surface area contributed by atoms with Gasteiger partial charge in [0.15, 0.2) is 0 Å². The number of hydrogen-bond acceptors (Lipinski definition) is 4. The van der Waals surface area contributed by atoms with Crippen molar-refractivity contribution in [3.05, 3.63) is 47.5 Å². The van der Waals surface area contributed by atoms with E-state index >= 15 is 0 Å². The van der Waals surface area contributed by atoms with Gasteiger partial charge in [0.05, 0.1) is 10.6 Å². The van der Waals surface area contributed by atoms with E-state index in [0.29, 0.717) is 12.2 Å². The van der Waals surface area contributed by atoms with Gasteiger partial charge in [0.25, 0.3) is 15.9 Å². The lowest BCUT2D eigenvalue weighted by Crippen LogP contribution is -2.32. The van der Waals surface area contributed by atoms with Crippen LogP contribution in [0.25, 0.3) is 0 Å². The first-order chi connectivity index (χ1) is 9.83. The number of carbonyl (C=O) groups is 1. The Morgan fingerprint density at radius 3 is 2.71 bits per heavy atom. The minimum atomic E-state index is -4.13. The van der Waals surface area contributed by atoms with Gasteiger partial charge in [-0.25, -0.2) is 17.5 Å². The van der Waals surface area contributed by atoms with Gasteiger partial charge < -0.3 is 0 Å². The molecule has 1 amide bonds. The molecule has 0 unspecified atom stereocenters. The largest absolute Gasteiger partial charge is 0.283 e. The fourth-order valence-corrected chi connectivity index (χ4v) is 2.83. The molecule has 0 radical (unpaired) electrons. The van der Waals surface area contributed by atoms with E-state index in [2.05, 4.69) is 5.10 Å². The number of hydrogen-bond donors (Lipinski definition) is 1. The summed E-state index contributed by atoms with van der Waals surface area (Å²) in [7, 11) is -4.13. The average Bonchev–Trinajstić information content (AvgIpc) is 2.79. The van der Waals surface area contributed by atoms with E-state index < -0.39 is 21.7 Å². The zero-order chi connectivity index (χ0) is 15.6. The normalized spacial score (nSPS) is 11.4. The summed E-state index contributed by atoms with van der Waals surface area (Å²) in [5.41, 5.74) is 0.736. The van der Waals surface area contributed by atoms with Crippen molar-refractivity contribution >= 4 is 15.9 Å². The Morgan fingerprint density at radius 2 is 2.10 bits per heavy atom. The summed E-state index contributed by atoms with van der Waals surface area (Å²) in [5.74, 6) is -1.50. The smallest absolute Gasteiger partial charge is 0.266 e. The minimum absolute atomic E-state index is 0.134. The van der Waals surface area contributed by atoms with Crippen molar-refractivity contribution in [2.45, 2.75) is 25.3 Å². The van der Waals surface area contributed by atoms with Crippen LogP contribution in [-0.4, -0.2) is 24.1 Å². The fourth-order valence-electron chi connectivity index (χ4n) is 1.84. The molecule has 1 heterocycles. The number of nitrogens with zero attached hydrogens (tertiary/aromatic N) is 2. The molecule has 0 aliphatic carbocycles. The molecule has 0 fully saturated rings. The summed E-state index contributed by atoms with van der Waals surface area (Å²) in [6.45, 7) is 3.91. The van der Waals surface area contributed by atoms with E-state index in [4.69, 9.17) is 0 Å². The summed E-state index contributed by atoms with van der Waals surface area (Å²) in [6.07, 6.45) is 0. The molecule has 0 aliphatic heterocycles.